The lowest BCUT2D eigenvalue weighted by Gasteiger charge is -2.36. The maximum atomic E-state index is 13.1. The van der Waals surface area contributed by atoms with Gasteiger partial charge in [0.2, 0.25) is 0 Å². The zero-order chi connectivity index (χ0) is 17.9. The van der Waals surface area contributed by atoms with Gasteiger partial charge in [0.05, 0.1) is 5.69 Å². The summed E-state index contributed by atoms with van der Waals surface area (Å²) >= 11 is 0. The predicted molar refractivity (Wildman–Crippen MR) is 103 cm³/mol. The molecule has 1 aromatic heterocycles. The van der Waals surface area contributed by atoms with E-state index in [4.69, 9.17) is 5.10 Å². The van der Waals surface area contributed by atoms with E-state index >= 15 is 0 Å². The van der Waals surface area contributed by atoms with E-state index < -0.39 is 0 Å². The minimum Gasteiger partial charge on any atom is -0.369 e. The second-order valence-electron chi connectivity index (χ2n) is 7.61. The Balaban J connectivity index is 1.25. The number of rotatable bonds is 5. The first-order chi connectivity index (χ1) is 12.7. The molecule has 0 spiro atoms. The van der Waals surface area contributed by atoms with Gasteiger partial charge in [-0.15, -0.1) is 0 Å². The molecule has 2 aliphatic rings. The Bertz CT molecular complexity index is 729. The van der Waals surface area contributed by atoms with Gasteiger partial charge in [-0.1, -0.05) is 0 Å². The number of halogens is 1. The third-order valence-electron chi connectivity index (χ3n) is 5.90. The first-order valence-electron chi connectivity index (χ1n) is 9.97. The van der Waals surface area contributed by atoms with Crippen LogP contribution >= 0.6 is 0 Å². The molecule has 1 aliphatic carbocycles. The predicted octanol–water partition coefficient (Wildman–Crippen LogP) is 3.19. The average Bonchev–Trinajstić information content (AvgIpc) is 2.99. The van der Waals surface area contributed by atoms with Crippen molar-refractivity contribution in [3.05, 3.63) is 47.0 Å². The summed E-state index contributed by atoms with van der Waals surface area (Å²) < 4.78 is 15.2. The first kappa shape index (κ1) is 17.5. The molecular formula is C21H29FN4. The van der Waals surface area contributed by atoms with Gasteiger partial charge < -0.3 is 4.90 Å². The zero-order valence-electron chi connectivity index (χ0n) is 15.8. The van der Waals surface area contributed by atoms with Gasteiger partial charge in [0, 0.05) is 44.6 Å². The fraction of sp³-hybridized carbons (Fsp3) is 0.571. The van der Waals surface area contributed by atoms with Crippen molar-refractivity contribution < 1.29 is 4.39 Å². The van der Waals surface area contributed by atoms with Crippen LogP contribution in [0.4, 0.5) is 10.1 Å². The molecule has 0 saturated carbocycles. The number of hydrogen-bond donors (Lipinski definition) is 0. The van der Waals surface area contributed by atoms with E-state index in [1.165, 1.54) is 37.1 Å². The highest BCUT2D eigenvalue weighted by Gasteiger charge is 2.20. The summed E-state index contributed by atoms with van der Waals surface area (Å²) in [5, 5.41) is 4.74. The summed E-state index contributed by atoms with van der Waals surface area (Å²) in [4.78, 5) is 4.91. The molecule has 1 saturated heterocycles. The summed E-state index contributed by atoms with van der Waals surface area (Å²) in [7, 11) is 2.11. The van der Waals surface area contributed by atoms with E-state index in [2.05, 4.69) is 21.5 Å². The lowest BCUT2D eigenvalue weighted by molar-refractivity contribution is 0.254. The lowest BCUT2D eigenvalue weighted by Crippen LogP contribution is -2.46. The number of aromatic nitrogens is 2. The molecule has 2 heterocycles. The SMILES string of the molecule is Cn1nc2c(c1CCCN1CCN(c3ccc(F)cc3)CC1)CCCC2. The van der Waals surface area contributed by atoms with E-state index in [9.17, 15) is 4.39 Å². The number of aryl methyl sites for hydroxylation is 2. The maximum absolute atomic E-state index is 13.1. The van der Waals surface area contributed by atoms with E-state index in [1.807, 2.05) is 12.1 Å². The summed E-state index contributed by atoms with van der Waals surface area (Å²) in [6.45, 7) is 5.36. The van der Waals surface area contributed by atoms with Gasteiger partial charge in [-0.2, -0.15) is 5.10 Å². The molecule has 0 atom stereocenters. The Hall–Kier alpha value is -1.88. The Labute approximate surface area is 155 Å². The molecule has 140 valence electrons. The number of anilines is 1. The molecule has 0 amide bonds. The Morgan fingerprint density at radius 1 is 1.00 bits per heavy atom. The number of fused-ring (bicyclic) bond motifs is 1. The van der Waals surface area contributed by atoms with Crippen LogP contribution in [0.15, 0.2) is 24.3 Å². The minimum absolute atomic E-state index is 0.162. The van der Waals surface area contributed by atoms with Crippen molar-refractivity contribution in [2.75, 3.05) is 37.6 Å². The highest BCUT2D eigenvalue weighted by atomic mass is 19.1. The standard InChI is InChI=1S/C21H29FN4/c1-24-21(19-5-2-3-6-20(19)23-24)7-4-12-25-13-15-26(16-14-25)18-10-8-17(22)9-11-18/h8-11H,2-7,12-16H2,1H3. The van der Waals surface area contributed by atoms with Gasteiger partial charge in [0.1, 0.15) is 5.82 Å². The number of piperazine rings is 1. The van der Waals surface area contributed by atoms with Crippen molar-refractivity contribution in [1.29, 1.82) is 0 Å². The minimum atomic E-state index is -0.162. The zero-order valence-corrected chi connectivity index (χ0v) is 15.8. The highest BCUT2D eigenvalue weighted by molar-refractivity contribution is 5.46. The van der Waals surface area contributed by atoms with Crippen LogP contribution < -0.4 is 4.90 Å². The van der Waals surface area contributed by atoms with Crippen LogP contribution in [0.5, 0.6) is 0 Å². The fourth-order valence-corrected chi connectivity index (χ4v) is 4.41. The van der Waals surface area contributed by atoms with Gasteiger partial charge in [0.25, 0.3) is 0 Å². The topological polar surface area (TPSA) is 24.3 Å². The average molecular weight is 356 g/mol. The molecule has 1 aromatic carbocycles. The molecule has 2 aromatic rings. The van der Waals surface area contributed by atoms with Crippen LogP contribution in [0.25, 0.3) is 0 Å². The van der Waals surface area contributed by atoms with Crippen molar-refractivity contribution in [3.63, 3.8) is 0 Å². The molecule has 26 heavy (non-hydrogen) atoms. The van der Waals surface area contributed by atoms with Crippen molar-refractivity contribution in [3.8, 4) is 0 Å². The summed E-state index contributed by atoms with van der Waals surface area (Å²) in [6, 6.07) is 6.87. The largest absolute Gasteiger partial charge is 0.369 e. The summed E-state index contributed by atoms with van der Waals surface area (Å²) in [6.07, 6.45) is 7.32. The molecule has 0 N–H and O–H groups in total. The van der Waals surface area contributed by atoms with Crippen molar-refractivity contribution >= 4 is 5.69 Å². The van der Waals surface area contributed by atoms with Gasteiger partial charge in [0.15, 0.2) is 0 Å². The van der Waals surface area contributed by atoms with Crippen LogP contribution in [-0.2, 0) is 26.3 Å². The molecule has 0 radical (unpaired) electrons. The highest BCUT2D eigenvalue weighted by Crippen LogP contribution is 2.24. The van der Waals surface area contributed by atoms with E-state index in [0.717, 1.165) is 51.3 Å². The first-order valence-corrected chi connectivity index (χ1v) is 9.97. The second-order valence-corrected chi connectivity index (χ2v) is 7.61. The van der Waals surface area contributed by atoms with Gasteiger partial charge >= 0.3 is 0 Å². The number of hydrogen-bond acceptors (Lipinski definition) is 3. The van der Waals surface area contributed by atoms with E-state index in [1.54, 1.807) is 17.7 Å². The molecule has 1 fully saturated rings. The molecule has 4 rings (SSSR count). The Kier molecular flexibility index (Phi) is 5.25. The molecule has 4 nitrogen and oxygen atoms in total. The molecule has 1 aliphatic heterocycles. The van der Waals surface area contributed by atoms with E-state index in [0.29, 0.717) is 0 Å². The van der Waals surface area contributed by atoms with Crippen LogP contribution in [0.1, 0.15) is 36.2 Å². The normalized spacial score (nSPS) is 18.2. The second kappa shape index (κ2) is 7.78. The summed E-state index contributed by atoms with van der Waals surface area (Å²) in [5.41, 5.74) is 5.48. The Morgan fingerprint density at radius 3 is 2.50 bits per heavy atom. The smallest absolute Gasteiger partial charge is 0.123 e. The number of benzene rings is 1. The van der Waals surface area contributed by atoms with Crippen LogP contribution in [0.2, 0.25) is 0 Å². The van der Waals surface area contributed by atoms with E-state index in [-0.39, 0.29) is 5.82 Å². The quantitative estimate of drug-likeness (QED) is 0.822. The Morgan fingerprint density at radius 2 is 1.73 bits per heavy atom. The van der Waals surface area contributed by atoms with Crippen molar-refractivity contribution in [2.24, 2.45) is 7.05 Å². The van der Waals surface area contributed by atoms with Gasteiger partial charge in [-0.3, -0.25) is 9.58 Å². The molecular weight excluding hydrogens is 327 g/mol. The number of nitrogens with zero attached hydrogens (tertiary/aromatic N) is 4. The fourth-order valence-electron chi connectivity index (χ4n) is 4.41. The summed E-state index contributed by atoms with van der Waals surface area (Å²) in [5.74, 6) is -0.162. The third-order valence-corrected chi connectivity index (χ3v) is 5.90. The van der Waals surface area contributed by atoms with Crippen molar-refractivity contribution in [2.45, 2.75) is 38.5 Å². The van der Waals surface area contributed by atoms with Crippen molar-refractivity contribution in [1.82, 2.24) is 14.7 Å². The monoisotopic (exact) mass is 356 g/mol. The molecule has 0 unspecified atom stereocenters. The maximum Gasteiger partial charge on any atom is 0.123 e. The van der Waals surface area contributed by atoms with Crippen LogP contribution in [0.3, 0.4) is 0 Å². The van der Waals surface area contributed by atoms with Gasteiger partial charge in [-0.05, 0) is 74.9 Å². The lowest BCUT2D eigenvalue weighted by atomic mass is 9.94. The van der Waals surface area contributed by atoms with Crippen LogP contribution in [-0.4, -0.2) is 47.4 Å². The molecule has 0 bridgehead atoms. The molecule has 5 heteroatoms. The third kappa shape index (κ3) is 3.78. The van der Waals surface area contributed by atoms with Crippen LogP contribution in [0, 0.1) is 5.82 Å². The van der Waals surface area contributed by atoms with Gasteiger partial charge in [-0.25, -0.2) is 4.39 Å².